The van der Waals surface area contributed by atoms with Gasteiger partial charge in [0.25, 0.3) is 0 Å². The first-order valence-electron chi connectivity index (χ1n) is 6.27. The van der Waals surface area contributed by atoms with Crippen LogP contribution in [0.15, 0.2) is 0 Å². The Morgan fingerprint density at radius 2 is 2.06 bits per heavy atom. The maximum atomic E-state index is 5.47. The molecule has 0 bridgehead atoms. The van der Waals surface area contributed by atoms with Crippen LogP contribution in [0.25, 0.3) is 0 Å². The largest absolute Gasteiger partial charge is 0.381 e. The van der Waals surface area contributed by atoms with Gasteiger partial charge in [0.1, 0.15) is 0 Å². The molecule has 0 saturated carbocycles. The minimum Gasteiger partial charge on any atom is -0.381 e. The van der Waals surface area contributed by atoms with Crippen LogP contribution in [0.4, 0.5) is 0 Å². The number of nitrogens with one attached hydrogen (secondary N) is 2. The van der Waals surface area contributed by atoms with Gasteiger partial charge in [-0.2, -0.15) is 0 Å². The molecule has 1 saturated heterocycles. The lowest BCUT2D eigenvalue weighted by atomic mass is 9.84. The first-order chi connectivity index (χ1) is 7.72. The van der Waals surface area contributed by atoms with Gasteiger partial charge in [0, 0.05) is 30.7 Å². The molecule has 1 rings (SSSR count). The summed E-state index contributed by atoms with van der Waals surface area (Å²) in [4.78, 5) is 0. The van der Waals surface area contributed by atoms with Gasteiger partial charge in [-0.3, -0.25) is 0 Å². The van der Waals surface area contributed by atoms with E-state index >= 15 is 0 Å². The van der Waals surface area contributed by atoms with Gasteiger partial charge in [-0.15, -0.1) is 11.8 Å². The summed E-state index contributed by atoms with van der Waals surface area (Å²) in [6, 6.07) is 0.574. The Kier molecular flexibility index (Phi) is 6.73. The molecule has 96 valence electrons. The average Bonchev–Trinajstić information content (AvgIpc) is 2.28. The standard InChI is InChI=1S/C12H26N2OS/c1-4-14-12(5-7-15-8-6-12)9-11(2)13-10-16-3/h11,13-14H,4-10H2,1-3H3/t11-/m1/s1. The van der Waals surface area contributed by atoms with Crippen LogP contribution >= 0.6 is 11.8 Å². The Labute approximate surface area is 104 Å². The highest BCUT2D eigenvalue weighted by atomic mass is 32.2. The zero-order chi connectivity index (χ0) is 11.9. The topological polar surface area (TPSA) is 33.3 Å². The molecule has 0 spiro atoms. The first-order valence-corrected chi connectivity index (χ1v) is 7.67. The minimum atomic E-state index is 0.303. The van der Waals surface area contributed by atoms with Gasteiger partial charge in [-0.05, 0) is 39.0 Å². The van der Waals surface area contributed by atoms with Crippen LogP contribution in [0.2, 0.25) is 0 Å². The highest BCUT2D eigenvalue weighted by Crippen LogP contribution is 2.25. The highest BCUT2D eigenvalue weighted by molar-refractivity contribution is 7.98. The number of rotatable bonds is 7. The van der Waals surface area contributed by atoms with Crippen molar-refractivity contribution in [2.24, 2.45) is 0 Å². The van der Waals surface area contributed by atoms with Crippen molar-refractivity contribution in [3.05, 3.63) is 0 Å². The molecule has 0 unspecified atom stereocenters. The lowest BCUT2D eigenvalue weighted by Gasteiger charge is -2.40. The Morgan fingerprint density at radius 1 is 1.38 bits per heavy atom. The summed E-state index contributed by atoms with van der Waals surface area (Å²) < 4.78 is 5.47. The number of ether oxygens (including phenoxy) is 1. The summed E-state index contributed by atoms with van der Waals surface area (Å²) in [5.41, 5.74) is 0.303. The molecule has 1 heterocycles. The molecule has 0 radical (unpaired) electrons. The first kappa shape index (κ1) is 14.3. The smallest absolute Gasteiger partial charge is 0.0483 e. The molecule has 2 N–H and O–H groups in total. The van der Waals surface area contributed by atoms with Crippen LogP contribution in [0.5, 0.6) is 0 Å². The monoisotopic (exact) mass is 246 g/mol. The van der Waals surface area contributed by atoms with E-state index in [1.807, 2.05) is 11.8 Å². The number of hydrogen-bond donors (Lipinski definition) is 2. The average molecular weight is 246 g/mol. The number of hydrogen-bond acceptors (Lipinski definition) is 4. The molecule has 1 aliphatic rings. The van der Waals surface area contributed by atoms with E-state index in [9.17, 15) is 0 Å². The molecule has 4 heteroatoms. The second-order valence-corrected chi connectivity index (χ2v) is 5.53. The molecule has 3 nitrogen and oxygen atoms in total. The quantitative estimate of drug-likeness (QED) is 0.672. The second kappa shape index (κ2) is 7.54. The summed E-state index contributed by atoms with van der Waals surface area (Å²) in [5.74, 6) is 1.04. The fraction of sp³-hybridized carbons (Fsp3) is 1.00. The second-order valence-electron chi connectivity index (χ2n) is 4.67. The van der Waals surface area contributed by atoms with Crippen LogP contribution in [0.1, 0.15) is 33.1 Å². The predicted molar refractivity (Wildman–Crippen MR) is 72.1 cm³/mol. The van der Waals surface area contributed by atoms with Crippen molar-refractivity contribution >= 4 is 11.8 Å². The van der Waals surface area contributed by atoms with Crippen LogP contribution < -0.4 is 10.6 Å². The molecule has 0 aromatic rings. The lowest BCUT2D eigenvalue weighted by molar-refractivity contribution is 0.0320. The van der Waals surface area contributed by atoms with E-state index in [-0.39, 0.29) is 0 Å². The zero-order valence-corrected chi connectivity index (χ0v) is 11.7. The third-order valence-corrected chi connectivity index (χ3v) is 3.73. The maximum Gasteiger partial charge on any atom is 0.0483 e. The molecular weight excluding hydrogens is 220 g/mol. The van der Waals surface area contributed by atoms with Gasteiger partial charge in [-0.1, -0.05) is 6.92 Å². The van der Waals surface area contributed by atoms with Gasteiger partial charge < -0.3 is 15.4 Å². The van der Waals surface area contributed by atoms with Crippen molar-refractivity contribution in [2.45, 2.75) is 44.7 Å². The zero-order valence-electron chi connectivity index (χ0n) is 10.8. The minimum absolute atomic E-state index is 0.303. The molecule has 0 aliphatic carbocycles. The van der Waals surface area contributed by atoms with Gasteiger partial charge in [0.05, 0.1) is 0 Å². The summed E-state index contributed by atoms with van der Waals surface area (Å²) >= 11 is 1.85. The van der Waals surface area contributed by atoms with E-state index in [0.717, 1.165) is 38.5 Å². The van der Waals surface area contributed by atoms with Crippen molar-refractivity contribution in [3.8, 4) is 0 Å². The van der Waals surface area contributed by atoms with Crippen molar-refractivity contribution in [1.82, 2.24) is 10.6 Å². The van der Waals surface area contributed by atoms with Gasteiger partial charge >= 0.3 is 0 Å². The van der Waals surface area contributed by atoms with Crippen molar-refractivity contribution in [3.63, 3.8) is 0 Å². The third-order valence-electron chi connectivity index (χ3n) is 3.27. The summed E-state index contributed by atoms with van der Waals surface area (Å²) in [7, 11) is 0. The van der Waals surface area contributed by atoms with E-state index in [2.05, 4.69) is 30.7 Å². The Balaban J connectivity index is 2.42. The maximum absolute atomic E-state index is 5.47. The van der Waals surface area contributed by atoms with Gasteiger partial charge in [-0.25, -0.2) is 0 Å². The lowest BCUT2D eigenvalue weighted by Crippen LogP contribution is -2.52. The summed E-state index contributed by atoms with van der Waals surface area (Å²) in [5, 5.41) is 7.22. The fourth-order valence-electron chi connectivity index (χ4n) is 2.47. The molecule has 0 amide bonds. The van der Waals surface area contributed by atoms with E-state index in [1.54, 1.807) is 0 Å². The molecular formula is C12H26N2OS. The van der Waals surface area contributed by atoms with E-state index in [0.29, 0.717) is 11.6 Å². The SMILES string of the molecule is CCNC1(C[C@@H](C)NCSC)CCOCC1. The predicted octanol–water partition coefficient (Wildman–Crippen LogP) is 1.83. The summed E-state index contributed by atoms with van der Waals surface area (Å²) in [6.45, 7) is 7.34. The van der Waals surface area contributed by atoms with Gasteiger partial charge in [0.2, 0.25) is 0 Å². The van der Waals surface area contributed by atoms with E-state index < -0.39 is 0 Å². The normalized spacial score (nSPS) is 21.9. The molecule has 1 fully saturated rings. The molecule has 1 aliphatic heterocycles. The van der Waals surface area contributed by atoms with Crippen molar-refractivity contribution in [1.29, 1.82) is 0 Å². The number of thioether (sulfide) groups is 1. The van der Waals surface area contributed by atoms with Crippen LogP contribution in [-0.4, -0.2) is 43.5 Å². The fourth-order valence-corrected chi connectivity index (χ4v) is 2.93. The highest BCUT2D eigenvalue weighted by Gasteiger charge is 2.32. The molecule has 1 atom stereocenters. The third kappa shape index (κ3) is 4.62. The Bertz CT molecular complexity index is 178. The molecule has 0 aromatic carbocycles. The Morgan fingerprint density at radius 3 is 2.62 bits per heavy atom. The molecule has 0 aromatic heterocycles. The van der Waals surface area contributed by atoms with Gasteiger partial charge in [0.15, 0.2) is 0 Å². The van der Waals surface area contributed by atoms with Crippen molar-refractivity contribution in [2.75, 3.05) is 31.9 Å². The summed E-state index contributed by atoms with van der Waals surface area (Å²) in [6.07, 6.45) is 5.62. The van der Waals surface area contributed by atoms with Crippen LogP contribution in [-0.2, 0) is 4.74 Å². The van der Waals surface area contributed by atoms with Crippen molar-refractivity contribution < 1.29 is 4.74 Å². The van der Waals surface area contributed by atoms with Crippen LogP contribution in [0.3, 0.4) is 0 Å². The van der Waals surface area contributed by atoms with Crippen LogP contribution in [0, 0.1) is 0 Å². The Hall–Kier alpha value is 0.230. The molecule has 16 heavy (non-hydrogen) atoms. The van der Waals surface area contributed by atoms with E-state index in [4.69, 9.17) is 4.74 Å². The van der Waals surface area contributed by atoms with E-state index in [1.165, 1.54) is 6.42 Å².